The molecule has 21 heavy (non-hydrogen) atoms. The molecule has 1 aromatic carbocycles. The van der Waals surface area contributed by atoms with Crippen molar-refractivity contribution in [3.8, 4) is 0 Å². The van der Waals surface area contributed by atoms with Crippen molar-refractivity contribution in [2.75, 3.05) is 26.0 Å². The lowest BCUT2D eigenvalue weighted by atomic mass is 9.93. The van der Waals surface area contributed by atoms with Crippen LogP contribution in [0.5, 0.6) is 0 Å². The van der Waals surface area contributed by atoms with Crippen LogP contribution in [0, 0.1) is 0 Å². The molecule has 1 N–H and O–H groups in total. The summed E-state index contributed by atoms with van der Waals surface area (Å²) in [6.07, 6.45) is 0. The van der Waals surface area contributed by atoms with Crippen molar-refractivity contribution >= 4 is 17.0 Å². The molecule has 0 bridgehead atoms. The van der Waals surface area contributed by atoms with Crippen molar-refractivity contribution in [2.24, 2.45) is 0 Å². The monoisotopic (exact) mass is 303 g/mol. The molecule has 0 fully saturated rings. The van der Waals surface area contributed by atoms with Crippen molar-refractivity contribution < 1.29 is 0 Å². The van der Waals surface area contributed by atoms with E-state index >= 15 is 0 Å². The Morgan fingerprint density at radius 3 is 2.19 bits per heavy atom. The van der Waals surface area contributed by atoms with Gasteiger partial charge in [-0.3, -0.25) is 0 Å². The minimum absolute atomic E-state index is 0.0990. The first-order valence-electron chi connectivity index (χ1n) is 7.23. The molecule has 0 radical (unpaired) electrons. The maximum atomic E-state index is 4.83. The highest BCUT2D eigenvalue weighted by Gasteiger charge is 2.21. The molecule has 1 unspecified atom stereocenters. The Morgan fingerprint density at radius 2 is 1.76 bits per heavy atom. The van der Waals surface area contributed by atoms with Gasteiger partial charge in [-0.05, 0) is 24.7 Å². The Hall–Kier alpha value is -1.39. The van der Waals surface area contributed by atoms with Gasteiger partial charge >= 0.3 is 0 Å². The van der Waals surface area contributed by atoms with Crippen LogP contribution in [-0.2, 0) is 5.41 Å². The number of hydrogen-bond donors (Lipinski definition) is 1. The van der Waals surface area contributed by atoms with Gasteiger partial charge in [0.15, 0.2) is 0 Å². The molecule has 0 aliphatic rings. The molecule has 1 atom stereocenters. The molecule has 4 heteroatoms. The quantitative estimate of drug-likeness (QED) is 0.931. The summed E-state index contributed by atoms with van der Waals surface area (Å²) in [5, 5.41) is 6.68. The van der Waals surface area contributed by atoms with Crippen LogP contribution in [0.25, 0.3) is 0 Å². The number of aromatic nitrogens is 1. The van der Waals surface area contributed by atoms with Crippen molar-refractivity contribution in [1.29, 1.82) is 0 Å². The standard InChI is InChI=1S/C17H25N3S/c1-17(2,3)14-11-21-16(19-14)15(18-4)12-7-9-13(10-8-12)20(5)6/h7-11,15,18H,1-6H3. The highest BCUT2D eigenvalue weighted by atomic mass is 32.1. The molecule has 0 spiro atoms. The second-order valence-corrected chi connectivity index (χ2v) is 7.42. The fourth-order valence-corrected chi connectivity index (χ4v) is 3.34. The zero-order valence-electron chi connectivity index (χ0n) is 13.8. The van der Waals surface area contributed by atoms with Gasteiger partial charge in [0.25, 0.3) is 0 Å². The van der Waals surface area contributed by atoms with Gasteiger partial charge < -0.3 is 10.2 Å². The fraction of sp³-hybridized carbons (Fsp3) is 0.471. The van der Waals surface area contributed by atoms with Gasteiger partial charge in [-0.25, -0.2) is 4.98 Å². The largest absolute Gasteiger partial charge is 0.378 e. The summed E-state index contributed by atoms with van der Waals surface area (Å²) in [6, 6.07) is 8.81. The van der Waals surface area contributed by atoms with E-state index in [4.69, 9.17) is 4.98 Å². The van der Waals surface area contributed by atoms with Crippen LogP contribution in [0.4, 0.5) is 5.69 Å². The van der Waals surface area contributed by atoms with Crippen molar-refractivity contribution in [3.63, 3.8) is 0 Å². The average molecular weight is 303 g/mol. The summed E-state index contributed by atoms with van der Waals surface area (Å²) in [5.74, 6) is 0. The molecule has 0 aliphatic carbocycles. The number of benzene rings is 1. The number of thiazole rings is 1. The Morgan fingerprint density at radius 1 is 1.14 bits per heavy atom. The second-order valence-electron chi connectivity index (χ2n) is 6.53. The predicted octanol–water partition coefficient (Wildman–Crippen LogP) is 3.82. The van der Waals surface area contributed by atoms with Crippen molar-refractivity contribution in [1.82, 2.24) is 10.3 Å². The first kappa shape index (κ1) is 16.0. The SMILES string of the molecule is CNC(c1ccc(N(C)C)cc1)c1nc(C(C)(C)C)cs1. The van der Waals surface area contributed by atoms with Crippen molar-refractivity contribution in [2.45, 2.75) is 32.2 Å². The van der Waals surface area contributed by atoms with Crippen LogP contribution in [0.1, 0.15) is 43.1 Å². The van der Waals surface area contributed by atoms with E-state index in [9.17, 15) is 0 Å². The molecule has 0 saturated heterocycles. The Kier molecular flexibility index (Phi) is 4.69. The summed E-state index contributed by atoms with van der Waals surface area (Å²) in [7, 11) is 6.10. The third-order valence-electron chi connectivity index (χ3n) is 3.57. The summed E-state index contributed by atoms with van der Waals surface area (Å²) in [6.45, 7) is 6.60. The molecular formula is C17H25N3S. The lowest BCUT2D eigenvalue weighted by molar-refractivity contribution is 0.566. The van der Waals surface area contributed by atoms with Crippen molar-refractivity contribution in [3.05, 3.63) is 45.9 Å². The van der Waals surface area contributed by atoms with Crippen LogP contribution in [-0.4, -0.2) is 26.1 Å². The van der Waals surface area contributed by atoms with Gasteiger partial charge in [-0.2, -0.15) is 0 Å². The van der Waals surface area contributed by atoms with Gasteiger partial charge in [-0.1, -0.05) is 32.9 Å². The molecular weight excluding hydrogens is 278 g/mol. The lowest BCUT2D eigenvalue weighted by Gasteiger charge is -2.18. The maximum absolute atomic E-state index is 4.83. The van der Waals surface area contributed by atoms with E-state index in [-0.39, 0.29) is 11.5 Å². The number of nitrogens with one attached hydrogen (secondary N) is 1. The van der Waals surface area contributed by atoms with E-state index in [1.165, 1.54) is 11.3 Å². The van der Waals surface area contributed by atoms with Gasteiger partial charge in [0, 0.05) is 30.6 Å². The summed E-state index contributed by atoms with van der Waals surface area (Å²) >= 11 is 1.73. The van der Waals surface area contributed by atoms with E-state index in [0.29, 0.717) is 0 Å². The van der Waals surface area contributed by atoms with E-state index in [1.807, 2.05) is 7.05 Å². The molecule has 0 aliphatic heterocycles. The molecule has 2 aromatic rings. The summed E-state index contributed by atoms with van der Waals surface area (Å²) in [5.41, 5.74) is 3.72. The van der Waals surface area contributed by atoms with E-state index < -0.39 is 0 Å². The Balaban J connectivity index is 2.29. The van der Waals surface area contributed by atoms with Gasteiger partial charge in [0.05, 0.1) is 11.7 Å². The van der Waals surface area contributed by atoms with Crippen LogP contribution in [0.2, 0.25) is 0 Å². The minimum atomic E-state index is 0.0990. The molecule has 2 rings (SSSR count). The smallest absolute Gasteiger partial charge is 0.114 e. The van der Waals surface area contributed by atoms with Gasteiger partial charge in [0.2, 0.25) is 0 Å². The minimum Gasteiger partial charge on any atom is -0.378 e. The van der Waals surface area contributed by atoms with Crippen LogP contribution >= 0.6 is 11.3 Å². The first-order valence-corrected chi connectivity index (χ1v) is 8.11. The zero-order chi connectivity index (χ0) is 15.6. The summed E-state index contributed by atoms with van der Waals surface area (Å²) in [4.78, 5) is 6.94. The highest BCUT2D eigenvalue weighted by molar-refractivity contribution is 7.09. The number of nitrogens with zero attached hydrogens (tertiary/aromatic N) is 2. The van der Waals surface area contributed by atoms with Gasteiger partial charge in [-0.15, -0.1) is 11.3 Å². The maximum Gasteiger partial charge on any atom is 0.114 e. The van der Waals surface area contributed by atoms with Crippen LogP contribution < -0.4 is 10.2 Å². The molecule has 3 nitrogen and oxygen atoms in total. The third-order valence-corrected chi connectivity index (χ3v) is 4.48. The fourth-order valence-electron chi connectivity index (χ4n) is 2.16. The molecule has 1 heterocycles. The van der Waals surface area contributed by atoms with Gasteiger partial charge in [0.1, 0.15) is 5.01 Å². The number of hydrogen-bond acceptors (Lipinski definition) is 4. The van der Waals surface area contributed by atoms with E-state index in [2.05, 4.69) is 74.7 Å². The first-order chi connectivity index (χ1) is 9.82. The molecule has 114 valence electrons. The van der Waals surface area contributed by atoms with Crippen LogP contribution in [0.3, 0.4) is 0 Å². The topological polar surface area (TPSA) is 28.2 Å². The molecule has 1 aromatic heterocycles. The number of rotatable bonds is 4. The highest BCUT2D eigenvalue weighted by Crippen LogP contribution is 2.30. The molecule has 0 saturated carbocycles. The lowest BCUT2D eigenvalue weighted by Crippen LogP contribution is -2.19. The number of anilines is 1. The average Bonchev–Trinajstić information content (AvgIpc) is 2.90. The van der Waals surface area contributed by atoms with E-state index in [1.54, 1.807) is 11.3 Å². The normalized spacial score (nSPS) is 13.2. The summed E-state index contributed by atoms with van der Waals surface area (Å²) < 4.78 is 0. The Labute approximate surface area is 132 Å². The Bertz CT molecular complexity index is 579. The third kappa shape index (κ3) is 3.63. The predicted molar refractivity (Wildman–Crippen MR) is 92.5 cm³/mol. The molecule has 0 amide bonds. The zero-order valence-corrected chi connectivity index (χ0v) is 14.6. The van der Waals surface area contributed by atoms with E-state index in [0.717, 1.165) is 10.7 Å². The second kappa shape index (κ2) is 6.16. The van der Waals surface area contributed by atoms with Crippen LogP contribution in [0.15, 0.2) is 29.6 Å².